The van der Waals surface area contributed by atoms with Crippen LogP contribution in [0.4, 0.5) is 0 Å². The Morgan fingerprint density at radius 2 is 2.11 bits per heavy atom. The lowest BCUT2D eigenvalue weighted by molar-refractivity contribution is 0.0987. The van der Waals surface area contributed by atoms with Crippen molar-refractivity contribution in [3.63, 3.8) is 0 Å². The lowest BCUT2D eigenvalue weighted by Crippen LogP contribution is -2.49. The lowest BCUT2D eigenvalue weighted by Gasteiger charge is -2.39. The molecule has 1 aliphatic heterocycles. The quantitative estimate of drug-likeness (QED) is 0.702. The third-order valence-electron chi connectivity index (χ3n) is 3.93. The number of likely N-dealkylation sites (tertiary alicyclic amines) is 1. The summed E-state index contributed by atoms with van der Waals surface area (Å²) in [5.74, 6) is 0. The molecule has 0 radical (unpaired) electrons. The van der Waals surface area contributed by atoms with Gasteiger partial charge in [0.25, 0.3) is 0 Å². The number of rotatable bonds is 7. The first kappa shape index (κ1) is 15.9. The minimum Gasteiger partial charge on any atom is -0.316 e. The Morgan fingerprint density at radius 1 is 1.39 bits per heavy atom. The molecule has 0 spiro atoms. The summed E-state index contributed by atoms with van der Waals surface area (Å²) in [7, 11) is 4.54. The normalized spacial score (nSPS) is 22.7. The van der Waals surface area contributed by atoms with Crippen LogP contribution in [0.15, 0.2) is 0 Å². The number of nitrogens with zero attached hydrogens (tertiary/aromatic N) is 2. The van der Waals surface area contributed by atoms with Crippen LogP contribution in [0.1, 0.15) is 40.0 Å². The number of likely N-dealkylation sites (N-methyl/N-ethyl adjacent to an activating group) is 2. The number of piperidine rings is 1. The van der Waals surface area contributed by atoms with Crippen LogP contribution in [0.5, 0.6) is 0 Å². The van der Waals surface area contributed by atoms with Gasteiger partial charge in [-0.25, -0.2) is 0 Å². The van der Waals surface area contributed by atoms with E-state index in [1.165, 1.54) is 38.9 Å². The van der Waals surface area contributed by atoms with Gasteiger partial charge in [-0.1, -0.05) is 20.8 Å². The van der Waals surface area contributed by atoms with Crippen molar-refractivity contribution in [1.82, 2.24) is 15.1 Å². The Hall–Kier alpha value is -0.120. The summed E-state index contributed by atoms with van der Waals surface area (Å²) in [4.78, 5) is 5.04. The Morgan fingerprint density at radius 3 is 2.72 bits per heavy atom. The van der Waals surface area contributed by atoms with Crippen molar-refractivity contribution in [2.24, 2.45) is 5.41 Å². The smallest absolute Gasteiger partial charge is 0.0220 e. The van der Waals surface area contributed by atoms with Gasteiger partial charge in [0, 0.05) is 25.7 Å². The highest BCUT2D eigenvalue weighted by molar-refractivity contribution is 4.82. The standard InChI is InChI=1S/C15H33N3/c1-6-9-16-12-15(2,3)13-18(5)14-8-7-10-17(4)11-14/h14,16H,6-13H2,1-5H3. The van der Waals surface area contributed by atoms with Gasteiger partial charge in [0.2, 0.25) is 0 Å². The summed E-state index contributed by atoms with van der Waals surface area (Å²) < 4.78 is 0. The van der Waals surface area contributed by atoms with Gasteiger partial charge >= 0.3 is 0 Å². The van der Waals surface area contributed by atoms with E-state index >= 15 is 0 Å². The van der Waals surface area contributed by atoms with Gasteiger partial charge in [-0.15, -0.1) is 0 Å². The fourth-order valence-corrected chi connectivity index (χ4v) is 2.96. The molecule has 1 atom stereocenters. The molecule has 1 rings (SSSR count). The van der Waals surface area contributed by atoms with Crippen molar-refractivity contribution in [1.29, 1.82) is 0 Å². The molecule has 0 aromatic heterocycles. The first-order chi connectivity index (χ1) is 8.44. The van der Waals surface area contributed by atoms with E-state index in [0.717, 1.165) is 19.1 Å². The zero-order valence-corrected chi connectivity index (χ0v) is 13.1. The fourth-order valence-electron chi connectivity index (χ4n) is 2.96. The van der Waals surface area contributed by atoms with Crippen molar-refractivity contribution in [3.8, 4) is 0 Å². The molecule has 1 saturated heterocycles. The van der Waals surface area contributed by atoms with E-state index in [9.17, 15) is 0 Å². The van der Waals surface area contributed by atoms with E-state index in [0.29, 0.717) is 5.41 Å². The van der Waals surface area contributed by atoms with Crippen molar-refractivity contribution < 1.29 is 0 Å². The van der Waals surface area contributed by atoms with Crippen LogP contribution in [-0.4, -0.2) is 62.7 Å². The monoisotopic (exact) mass is 255 g/mol. The molecule has 0 bridgehead atoms. The maximum Gasteiger partial charge on any atom is 0.0220 e. The maximum atomic E-state index is 3.56. The maximum absolute atomic E-state index is 3.56. The molecular weight excluding hydrogens is 222 g/mol. The van der Waals surface area contributed by atoms with Gasteiger partial charge < -0.3 is 15.1 Å². The Balaban J connectivity index is 2.34. The molecule has 3 nitrogen and oxygen atoms in total. The highest BCUT2D eigenvalue weighted by Gasteiger charge is 2.26. The molecule has 18 heavy (non-hydrogen) atoms. The van der Waals surface area contributed by atoms with Gasteiger partial charge in [0.1, 0.15) is 0 Å². The topological polar surface area (TPSA) is 18.5 Å². The second-order valence-corrected chi connectivity index (χ2v) is 6.81. The Labute approximate surface area is 114 Å². The third kappa shape index (κ3) is 5.68. The summed E-state index contributed by atoms with van der Waals surface area (Å²) in [6, 6.07) is 0.745. The first-order valence-electron chi connectivity index (χ1n) is 7.54. The minimum absolute atomic E-state index is 0.361. The number of hydrogen-bond donors (Lipinski definition) is 1. The summed E-state index contributed by atoms with van der Waals surface area (Å²) in [5, 5.41) is 3.56. The summed E-state index contributed by atoms with van der Waals surface area (Å²) in [6.45, 7) is 12.9. The summed E-state index contributed by atoms with van der Waals surface area (Å²) >= 11 is 0. The highest BCUT2D eigenvalue weighted by atomic mass is 15.2. The Bertz CT molecular complexity index is 228. The molecule has 0 aromatic carbocycles. The SMILES string of the molecule is CCCNCC(C)(C)CN(C)C1CCCN(C)C1. The highest BCUT2D eigenvalue weighted by Crippen LogP contribution is 2.20. The van der Waals surface area contributed by atoms with Gasteiger partial charge in [0.05, 0.1) is 0 Å². The minimum atomic E-state index is 0.361. The van der Waals surface area contributed by atoms with Crippen LogP contribution in [0.25, 0.3) is 0 Å². The van der Waals surface area contributed by atoms with Crippen molar-refractivity contribution in [3.05, 3.63) is 0 Å². The molecule has 0 aromatic rings. The second-order valence-electron chi connectivity index (χ2n) is 6.81. The molecule has 1 aliphatic rings. The number of hydrogen-bond acceptors (Lipinski definition) is 3. The molecule has 0 amide bonds. The van der Waals surface area contributed by atoms with Gasteiger partial charge in [-0.2, -0.15) is 0 Å². The predicted molar refractivity (Wildman–Crippen MR) is 80.1 cm³/mol. The van der Waals surface area contributed by atoms with Gasteiger partial charge in [0.15, 0.2) is 0 Å². The molecule has 1 unspecified atom stereocenters. The average Bonchev–Trinajstić information content (AvgIpc) is 2.28. The predicted octanol–water partition coefficient (Wildman–Crippen LogP) is 2.04. The van der Waals surface area contributed by atoms with Crippen LogP contribution in [-0.2, 0) is 0 Å². The van der Waals surface area contributed by atoms with Crippen LogP contribution in [0, 0.1) is 5.41 Å². The second kappa shape index (κ2) is 7.46. The zero-order chi connectivity index (χ0) is 13.6. The van der Waals surface area contributed by atoms with E-state index in [1.54, 1.807) is 0 Å². The lowest BCUT2D eigenvalue weighted by atomic mass is 9.91. The Kier molecular flexibility index (Phi) is 6.61. The average molecular weight is 255 g/mol. The van der Waals surface area contributed by atoms with E-state index in [2.05, 4.69) is 50.0 Å². The van der Waals surface area contributed by atoms with Crippen LogP contribution >= 0.6 is 0 Å². The zero-order valence-electron chi connectivity index (χ0n) is 13.1. The van der Waals surface area contributed by atoms with Crippen molar-refractivity contribution in [2.75, 3.05) is 46.8 Å². The van der Waals surface area contributed by atoms with Gasteiger partial charge in [-0.05, 0) is 51.9 Å². The van der Waals surface area contributed by atoms with E-state index in [4.69, 9.17) is 0 Å². The van der Waals surface area contributed by atoms with E-state index < -0.39 is 0 Å². The van der Waals surface area contributed by atoms with E-state index in [1.807, 2.05) is 0 Å². The van der Waals surface area contributed by atoms with Gasteiger partial charge in [-0.3, -0.25) is 0 Å². The van der Waals surface area contributed by atoms with Crippen LogP contribution < -0.4 is 5.32 Å². The summed E-state index contributed by atoms with van der Waals surface area (Å²) in [5.41, 5.74) is 0.361. The number of nitrogens with one attached hydrogen (secondary N) is 1. The fraction of sp³-hybridized carbons (Fsp3) is 1.00. The van der Waals surface area contributed by atoms with Crippen LogP contribution in [0.2, 0.25) is 0 Å². The van der Waals surface area contributed by atoms with Crippen molar-refractivity contribution in [2.45, 2.75) is 46.1 Å². The largest absolute Gasteiger partial charge is 0.316 e. The molecule has 108 valence electrons. The first-order valence-corrected chi connectivity index (χ1v) is 7.54. The third-order valence-corrected chi connectivity index (χ3v) is 3.93. The molecule has 1 fully saturated rings. The molecule has 0 aliphatic carbocycles. The molecule has 3 heteroatoms. The molecule has 0 saturated carbocycles. The molecular formula is C15H33N3. The van der Waals surface area contributed by atoms with E-state index in [-0.39, 0.29) is 0 Å². The molecule has 1 N–H and O–H groups in total. The van der Waals surface area contributed by atoms with Crippen molar-refractivity contribution >= 4 is 0 Å². The molecule has 1 heterocycles. The van der Waals surface area contributed by atoms with Crippen LogP contribution in [0.3, 0.4) is 0 Å². The summed E-state index contributed by atoms with van der Waals surface area (Å²) in [6.07, 6.45) is 3.93.